The van der Waals surface area contributed by atoms with Gasteiger partial charge in [-0.1, -0.05) is 17.7 Å². The Morgan fingerprint density at radius 2 is 1.82 bits per heavy atom. The Morgan fingerprint density at radius 3 is 2.43 bits per heavy atom. The molecule has 0 aliphatic heterocycles. The van der Waals surface area contributed by atoms with Crippen molar-refractivity contribution in [2.75, 3.05) is 5.32 Å². The van der Waals surface area contributed by atoms with Gasteiger partial charge in [-0.05, 0) is 45.0 Å². The number of anilines is 1. The van der Waals surface area contributed by atoms with E-state index < -0.39 is 18.0 Å². The van der Waals surface area contributed by atoms with Gasteiger partial charge in [0.15, 0.2) is 6.10 Å². The quantitative estimate of drug-likeness (QED) is 0.683. The molecule has 2 heterocycles. The molecular weight excluding hydrogens is 358 g/mol. The van der Waals surface area contributed by atoms with Gasteiger partial charge in [0.1, 0.15) is 23.0 Å². The number of furan rings is 1. The number of benzene rings is 1. The number of hydrogen-bond donors (Lipinski definition) is 1. The number of ether oxygens (including phenoxy) is 1. The van der Waals surface area contributed by atoms with E-state index in [1.54, 1.807) is 48.1 Å². The molecule has 142 valence electrons. The molecule has 0 aliphatic rings. The van der Waals surface area contributed by atoms with Gasteiger partial charge in [-0.2, -0.15) is 5.26 Å². The molecule has 7 nitrogen and oxygen atoms in total. The number of nitrogens with zero attached hydrogens (tertiary/aromatic N) is 2. The number of nitriles is 1. The van der Waals surface area contributed by atoms with Gasteiger partial charge in [0.05, 0.1) is 0 Å². The number of rotatable bonds is 5. The number of aromatic nitrogens is 1. The third-order valence-corrected chi connectivity index (χ3v) is 4.19. The Morgan fingerprint density at radius 1 is 1.18 bits per heavy atom. The summed E-state index contributed by atoms with van der Waals surface area (Å²) < 4.78 is 12.5. The van der Waals surface area contributed by atoms with E-state index in [1.807, 2.05) is 25.1 Å². The average molecular weight is 377 g/mol. The molecular formula is C21H19N3O4. The fourth-order valence-electron chi connectivity index (χ4n) is 2.69. The van der Waals surface area contributed by atoms with Crippen LogP contribution in [0, 0.1) is 25.2 Å². The Kier molecular flexibility index (Phi) is 5.32. The smallest absolute Gasteiger partial charge is 0.343 e. The molecule has 1 N–H and O–H groups in total. The molecule has 2 aromatic heterocycles. The number of carbonyl (C=O) groups is 2. The number of amides is 1. The molecule has 1 aromatic carbocycles. The van der Waals surface area contributed by atoms with Crippen LogP contribution < -0.4 is 5.32 Å². The Hall–Kier alpha value is -3.79. The van der Waals surface area contributed by atoms with Crippen molar-refractivity contribution in [1.29, 1.82) is 5.26 Å². The summed E-state index contributed by atoms with van der Waals surface area (Å²) in [6.07, 6.45) is 2.35. The molecule has 1 atom stereocenters. The van der Waals surface area contributed by atoms with E-state index in [4.69, 9.17) is 9.15 Å². The predicted molar refractivity (Wildman–Crippen MR) is 102 cm³/mol. The zero-order chi connectivity index (χ0) is 20.3. The Balaban J connectivity index is 1.76. The Bertz CT molecular complexity index is 1040. The number of carbonyl (C=O) groups excluding carboxylic acids is 2. The monoisotopic (exact) mass is 377 g/mol. The third kappa shape index (κ3) is 3.81. The fraction of sp³-hybridized carbons (Fsp3) is 0.190. The van der Waals surface area contributed by atoms with Gasteiger partial charge in [0.25, 0.3) is 5.91 Å². The molecule has 0 fully saturated rings. The molecule has 3 rings (SSSR count). The Labute approximate surface area is 162 Å². The van der Waals surface area contributed by atoms with Gasteiger partial charge >= 0.3 is 5.97 Å². The lowest BCUT2D eigenvalue weighted by atomic mass is 10.1. The molecule has 3 aromatic rings. The number of esters is 1. The third-order valence-electron chi connectivity index (χ3n) is 4.19. The van der Waals surface area contributed by atoms with Crippen molar-refractivity contribution in [3.05, 3.63) is 71.2 Å². The van der Waals surface area contributed by atoms with Gasteiger partial charge in [-0.3, -0.25) is 9.36 Å². The maximum absolute atomic E-state index is 12.6. The summed E-state index contributed by atoms with van der Waals surface area (Å²) in [5, 5.41) is 12.2. The minimum absolute atomic E-state index is 0.0150. The lowest BCUT2D eigenvalue weighted by molar-refractivity contribution is -0.123. The van der Waals surface area contributed by atoms with Gasteiger partial charge in [0, 0.05) is 18.1 Å². The normalized spacial score (nSPS) is 11.5. The first-order valence-corrected chi connectivity index (χ1v) is 8.66. The van der Waals surface area contributed by atoms with Crippen LogP contribution in [-0.2, 0) is 9.53 Å². The minimum Gasteiger partial charge on any atom is -0.449 e. The van der Waals surface area contributed by atoms with Crippen LogP contribution in [0.2, 0.25) is 0 Å². The largest absolute Gasteiger partial charge is 0.449 e. The lowest BCUT2D eigenvalue weighted by Crippen LogP contribution is -2.30. The highest BCUT2D eigenvalue weighted by atomic mass is 16.5. The zero-order valence-electron chi connectivity index (χ0n) is 15.7. The summed E-state index contributed by atoms with van der Waals surface area (Å²) in [6.45, 7) is 4.98. The van der Waals surface area contributed by atoms with E-state index >= 15 is 0 Å². The van der Waals surface area contributed by atoms with Crippen molar-refractivity contribution < 1.29 is 18.7 Å². The SMILES string of the molecule is Cc1ccc(NC(=O)[C@@H](C)OC(=O)c2c(C)oc(-n3cccc3)c2C#N)cc1. The summed E-state index contributed by atoms with van der Waals surface area (Å²) >= 11 is 0. The second-order valence-electron chi connectivity index (χ2n) is 6.32. The van der Waals surface area contributed by atoms with Crippen LogP contribution in [0.4, 0.5) is 5.69 Å². The highest BCUT2D eigenvalue weighted by molar-refractivity contribution is 5.99. The summed E-state index contributed by atoms with van der Waals surface area (Å²) in [5.41, 5.74) is 1.74. The molecule has 0 unspecified atom stereocenters. The first-order valence-electron chi connectivity index (χ1n) is 8.66. The summed E-state index contributed by atoms with van der Waals surface area (Å²) in [4.78, 5) is 24.9. The van der Waals surface area contributed by atoms with Crippen molar-refractivity contribution in [3.8, 4) is 12.0 Å². The van der Waals surface area contributed by atoms with Crippen LogP contribution in [0.1, 0.15) is 34.2 Å². The van der Waals surface area contributed by atoms with Gasteiger partial charge in [0.2, 0.25) is 5.88 Å². The van der Waals surface area contributed by atoms with E-state index in [0.29, 0.717) is 5.69 Å². The predicted octanol–water partition coefficient (Wildman–Crippen LogP) is 3.74. The van der Waals surface area contributed by atoms with Crippen molar-refractivity contribution in [1.82, 2.24) is 4.57 Å². The molecule has 0 saturated carbocycles. The van der Waals surface area contributed by atoms with Crippen molar-refractivity contribution in [2.45, 2.75) is 26.9 Å². The van der Waals surface area contributed by atoms with Crippen molar-refractivity contribution in [2.24, 2.45) is 0 Å². The van der Waals surface area contributed by atoms with Crippen LogP contribution in [0.3, 0.4) is 0 Å². The molecule has 0 aliphatic carbocycles. The van der Waals surface area contributed by atoms with E-state index in [2.05, 4.69) is 5.32 Å². The maximum Gasteiger partial charge on any atom is 0.343 e. The van der Waals surface area contributed by atoms with Gasteiger partial charge in [-0.15, -0.1) is 0 Å². The van der Waals surface area contributed by atoms with Crippen LogP contribution in [0.5, 0.6) is 0 Å². The summed E-state index contributed by atoms with van der Waals surface area (Å²) in [7, 11) is 0. The van der Waals surface area contributed by atoms with Crippen LogP contribution in [-0.4, -0.2) is 22.5 Å². The van der Waals surface area contributed by atoms with E-state index in [-0.39, 0.29) is 22.8 Å². The molecule has 0 saturated heterocycles. The molecule has 28 heavy (non-hydrogen) atoms. The lowest BCUT2D eigenvalue weighted by Gasteiger charge is -2.13. The summed E-state index contributed by atoms with van der Waals surface area (Å²) in [6, 6.07) is 12.8. The highest BCUT2D eigenvalue weighted by Crippen LogP contribution is 2.26. The van der Waals surface area contributed by atoms with E-state index in [1.165, 1.54) is 6.92 Å². The zero-order valence-corrected chi connectivity index (χ0v) is 15.7. The van der Waals surface area contributed by atoms with Crippen LogP contribution in [0.15, 0.2) is 53.2 Å². The molecule has 0 spiro atoms. The summed E-state index contributed by atoms with van der Waals surface area (Å²) in [5.74, 6) is -0.782. The first-order chi connectivity index (χ1) is 13.4. The highest BCUT2D eigenvalue weighted by Gasteiger charge is 2.28. The van der Waals surface area contributed by atoms with Crippen LogP contribution in [0.25, 0.3) is 5.88 Å². The standard InChI is InChI=1S/C21H19N3O4/c1-13-6-8-16(9-7-13)23-19(25)15(3)28-21(26)18-14(2)27-20(17(18)12-22)24-10-4-5-11-24/h4-11,15H,1-3H3,(H,23,25)/t15-/m1/s1. The molecule has 0 radical (unpaired) electrons. The molecule has 0 bridgehead atoms. The van der Waals surface area contributed by atoms with E-state index in [0.717, 1.165) is 5.56 Å². The molecule has 1 amide bonds. The van der Waals surface area contributed by atoms with Gasteiger partial charge < -0.3 is 14.5 Å². The van der Waals surface area contributed by atoms with E-state index in [9.17, 15) is 14.9 Å². The minimum atomic E-state index is -1.05. The average Bonchev–Trinajstić information content (AvgIpc) is 3.30. The van der Waals surface area contributed by atoms with Crippen molar-refractivity contribution >= 4 is 17.6 Å². The molecule has 7 heteroatoms. The second kappa shape index (κ2) is 7.84. The first kappa shape index (κ1) is 19.0. The van der Waals surface area contributed by atoms with Crippen molar-refractivity contribution in [3.63, 3.8) is 0 Å². The topological polar surface area (TPSA) is 97.3 Å². The number of hydrogen-bond acceptors (Lipinski definition) is 5. The number of aryl methyl sites for hydroxylation is 2. The van der Waals surface area contributed by atoms with Gasteiger partial charge in [-0.25, -0.2) is 4.79 Å². The number of nitrogens with one attached hydrogen (secondary N) is 1. The fourth-order valence-corrected chi connectivity index (χ4v) is 2.69. The maximum atomic E-state index is 12.6. The van der Waals surface area contributed by atoms with Crippen LogP contribution >= 0.6 is 0 Å². The second-order valence-corrected chi connectivity index (χ2v) is 6.32.